The van der Waals surface area contributed by atoms with Gasteiger partial charge in [0.15, 0.2) is 5.78 Å². The van der Waals surface area contributed by atoms with Gasteiger partial charge in [0.1, 0.15) is 11.8 Å². The van der Waals surface area contributed by atoms with Gasteiger partial charge in [0.25, 0.3) is 0 Å². The zero-order valence-electron chi connectivity index (χ0n) is 20.0. The molecule has 1 saturated heterocycles. The van der Waals surface area contributed by atoms with Crippen molar-refractivity contribution >= 4 is 23.4 Å². The van der Waals surface area contributed by atoms with Gasteiger partial charge in [-0.1, -0.05) is 58.1 Å². The highest BCUT2D eigenvalue weighted by atomic mass is 16.5. The van der Waals surface area contributed by atoms with Crippen molar-refractivity contribution < 1.29 is 23.9 Å². The van der Waals surface area contributed by atoms with Crippen LogP contribution < -0.4 is 5.32 Å². The molecule has 1 N–H and O–H groups in total. The summed E-state index contributed by atoms with van der Waals surface area (Å²) in [5, 5.41) is 2.56. The molecule has 0 aromatic heterocycles. The monoisotopic (exact) mass is 447 g/mol. The number of hydrogen-bond donors (Lipinski definition) is 1. The van der Waals surface area contributed by atoms with Crippen LogP contribution in [0.2, 0.25) is 0 Å². The Balaban J connectivity index is 2.15. The summed E-state index contributed by atoms with van der Waals surface area (Å²) in [6, 6.07) is -0.629. The Hall–Kier alpha value is -2.24. The lowest BCUT2D eigenvalue weighted by Crippen LogP contribution is -2.34. The minimum absolute atomic E-state index is 0.0622. The molecule has 0 unspecified atom stereocenters. The number of unbranched alkanes of at least 4 members (excludes halogenated alkanes) is 8. The lowest BCUT2D eigenvalue weighted by Gasteiger charge is -2.11. The van der Waals surface area contributed by atoms with E-state index in [1.165, 1.54) is 38.2 Å². The van der Waals surface area contributed by atoms with Crippen LogP contribution in [0.5, 0.6) is 0 Å². The molecule has 1 heterocycles. The maximum absolute atomic E-state index is 12.1. The molecular formula is C26H41NO5. The van der Waals surface area contributed by atoms with Crippen molar-refractivity contribution in [2.75, 3.05) is 0 Å². The highest BCUT2D eigenvalue weighted by Gasteiger charge is 2.29. The van der Waals surface area contributed by atoms with Crippen LogP contribution in [0.4, 0.5) is 0 Å². The molecule has 0 aliphatic carbocycles. The maximum atomic E-state index is 12.1. The van der Waals surface area contributed by atoms with Crippen LogP contribution in [-0.2, 0) is 23.9 Å². The highest BCUT2D eigenvalue weighted by Crippen LogP contribution is 2.13. The molecule has 1 fully saturated rings. The van der Waals surface area contributed by atoms with Crippen LogP contribution in [0, 0.1) is 0 Å². The van der Waals surface area contributed by atoms with Gasteiger partial charge in [-0.25, -0.2) is 4.79 Å². The summed E-state index contributed by atoms with van der Waals surface area (Å²) in [4.78, 5) is 47.4. The van der Waals surface area contributed by atoms with Crippen LogP contribution in [0.25, 0.3) is 0 Å². The normalized spacial score (nSPS) is 16.4. The van der Waals surface area contributed by atoms with Crippen LogP contribution in [0.15, 0.2) is 24.0 Å². The molecule has 0 aromatic carbocycles. The lowest BCUT2D eigenvalue weighted by molar-refractivity contribution is -0.142. The van der Waals surface area contributed by atoms with E-state index in [1.807, 2.05) is 0 Å². The molecule has 0 aromatic rings. The van der Waals surface area contributed by atoms with Crippen molar-refractivity contribution in [1.29, 1.82) is 0 Å². The van der Waals surface area contributed by atoms with Gasteiger partial charge in [-0.05, 0) is 44.6 Å². The molecule has 0 saturated carbocycles. The smallest absolute Gasteiger partial charge is 0.333 e. The number of carbonyl (C=O) groups is 4. The number of rotatable bonds is 18. The van der Waals surface area contributed by atoms with Crippen molar-refractivity contribution in [3.63, 3.8) is 0 Å². The summed E-state index contributed by atoms with van der Waals surface area (Å²) in [6.07, 6.45) is 18.7. The number of nitrogens with one attached hydrogen (secondary N) is 1. The molecule has 32 heavy (non-hydrogen) atoms. The van der Waals surface area contributed by atoms with Crippen molar-refractivity contribution in [3.05, 3.63) is 24.0 Å². The second-order valence-electron chi connectivity index (χ2n) is 8.43. The van der Waals surface area contributed by atoms with Crippen molar-refractivity contribution in [3.8, 4) is 0 Å². The first-order valence-corrected chi connectivity index (χ1v) is 12.4. The Morgan fingerprint density at radius 2 is 1.59 bits per heavy atom. The number of carbonyl (C=O) groups excluding carboxylic acids is 4. The summed E-state index contributed by atoms with van der Waals surface area (Å²) in [5.41, 5.74) is 0. The summed E-state index contributed by atoms with van der Waals surface area (Å²) >= 11 is 0. The first-order valence-electron chi connectivity index (χ1n) is 12.4. The first-order chi connectivity index (χ1) is 15.5. The minimum atomic E-state index is -0.629. The van der Waals surface area contributed by atoms with Gasteiger partial charge >= 0.3 is 5.97 Å². The number of hydrogen-bond acceptors (Lipinski definition) is 5. The van der Waals surface area contributed by atoms with E-state index in [1.54, 1.807) is 6.92 Å². The van der Waals surface area contributed by atoms with Crippen molar-refractivity contribution in [2.24, 2.45) is 0 Å². The summed E-state index contributed by atoms with van der Waals surface area (Å²) in [5.74, 6) is -1.15. The molecule has 0 bridgehead atoms. The lowest BCUT2D eigenvalue weighted by atomic mass is 10.0. The largest absolute Gasteiger partial charge is 0.430 e. The molecule has 1 aliphatic rings. The van der Waals surface area contributed by atoms with E-state index in [9.17, 15) is 19.2 Å². The van der Waals surface area contributed by atoms with Crippen LogP contribution in [0.3, 0.4) is 0 Å². The van der Waals surface area contributed by atoms with Gasteiger partial charge in [0, 0.05) is 25.7 Å². The Morgan fingerprint density at radius 3 is 2.19 bits per heavy atom. The zero-order chi connectivity index (χ0) is 23.6. The third-order valence-corrected chi connectivity index (χ3v) is 5.60. The van der Waals surface area contributed by atoms with E-state index >= 15 is 0 Å². The number of amides is 1. The van der Waals surface area contributed by atoms with Gasteiger partial charge in [0.2, 0.25) is 11.7 Å². The fourth-order valence-corrected chi connectivity index (χ4v) is 3.54. The number of esters is 1. The predicted molar refractivity (Wildman–Crippen MR) is 126 cm³/mol. The van der Waals surface area contributed by atoms with E-state index in [0.29, 0.717) is 25.0 Å². The van der Waals surface area contributed by atoms with Crippen LogP contribution in [0.1, 0.15) is 110 Å². The second-order valence-corrected chi connectivity index (χ2v) is 8.43. The quantitative estimate of drug-likeness (QED) is 0.0985. The van der Waals surface area contributed by atoms with E-state index in [0.717, 1.165) is 32.1 Å². The molecule has 1 aliphatic heterocycles. The van der Waals surface area contributed by atoms with Gasteiger partial charge in [-0.3, -0.25) is 14.4 Å². The number of ketones is 2. The molecule has 6 nitrogen and oxygen atoms in total. The molecule has 1 amide bonds. The number of ether oxygens (including phenoxy) is 1. The fourth-order valence-electron chi connectivity index (χ4n) is 3.54. The van der Waals surface area contributed by atoms with E-state index in [4.69, 9.17) is 4.74 Å². The Morgan fingerprint density at radius 1 is 0.938 bits per heavy atom. The first kappa shape index (κ1) is 27.8. The number of allylic oxidation sites excluding steroid dienone is 4. The molecule has 0 radical (unpaired) electrons. The minimum Gasteiger partial charge on any atom is -0.430 e. The third-order valence-electron chi connectivity index (χ3n) is 5.60. The Kier molecular flexibility index (Phi) is 15.1. The molecular weight excluding hydrogens is 406 g/mol. The van der Waals surface area contributed by atoms with E-state index < -0.39 is 17.8 Å². The molecule has 6 heteroatoms. The van der Waals surface area contributed by atoms with Crippen molar-refractivity contribution in [2.45, 2.75) is 116 Å². The number of Topliss-reactive ketones (excluding diaryl/α,β-unsaturated/α-hetero) is 2. The topological polar surface area (TPSA) is 89.5 Å². The van der Waals surface area contributed by atoms with E-state index in [-0.39, 0.29) is 24.5 Å². The third kappa shape index (κ3) is 12.6. The Labute approximate surface area is 193 Å². The predicted octanol–water partition coefficient (Wildman–Crippen LogP) is 5.50. The van der Waals surface area contributed by atoms with Gasteiger partial charge < -0.3 is 10.1 Å². The standard InChI is InChI=1S/C26H41NO5/c1-3-5-6-7-8-9-10-11-12-13-14-15-16-23(28)24(29)19-17-21(4-2)32-26(31)22-18-20-25(30)27-22/h10-11,17,22H,3-9,12-16,18-20H2,1-2H3,(H,27,30)/t22-/m0/s1. The molecule has 1 atom stereocenters. The maximum Gasteiger partial charge on any atom is 0.333 e. The summed E-state index contributed by atoms with van der Waals surface area (Å²) in [6.45, 7) is 4.03. The fraction of sp³-hybridized carbons (Fsp3) is 0.692. The van der Waals surface area contributed by atoms with Gasteiger partial charge in [0.05, 0.1) is 0 Å². The molecule has 1 rings (SSSR count). The van der Waals surface area contributed by atoms with E-state index in [2.05, 4.69) is 24.4 Å². The highest BCUT2D eigenvalue weighted by molar-refractivity contribution is 6.37. The van der Waals surface area contributed by atoms with Gasteiger partial charge in [-0.15, -0.1) is 0 Å². The molecule has 180 valence electrons. The second kappa shape index (κ2) is 17.3. The average molecular weight is 448 g/mol. The zero-order valence-corrected chi connectivity index (χ0v) is 20.0. The van der Waals surface area contributed by atoms with Crippen molar-refractivity contribution in [1.82, 2.24) is 5.32 Å². The summed E-state index contributed by atoms with van der Waals surface area (Å²) < 4.78 is 5.28. The van der Waals surface area contributed by atoms with Crippen LogP contribution in [-0.4, -0.2) is 29.5 Å². The average Bonchev–Trinajstić information content (AvgIpc) is 3.23. The summed E-state index contributed by atoms with van der Waals surface area (Å²) in [7, 11) is 0. The Bertz CT molecular complexity index is 665. The van der Waals surface area contributed by atoms with Gasteiger partial charge in [-0.2, -0.15) is 0 Å². The molecule has 0 spiro atoms. The van der Waals surface area contributed by atoms with Crippen LogP contribution >= 0.6 is 0 Å². The SMILES string of the molecule is CCCCCCCC=CCCCCCC(=O)C(=O)CC=C(CC)OC(=O)[C@@H]1CCC(=O)N1.